The van der Waals surface area contributed by atoms with Crippen LogP contribution in [0.1, 0.15) is 32.3 Å². The molecule has 0 bridgehead atoms. The first-order chi connectivity index (χ1) is 8.35. The highest BCUT2D eigenvalue weighted by Crippen LogP contribution is 2.31. The topological polar surface area (TPSA) is 35.8 Å². The minimum atomic E-state index is 0.0898. The van der Waals surface area contributed by atoms with Crippen molar-refractivity contribution in [3.63, 3.8) is 0 Å². The number of aryl methyl sites for hydroxylation is 1. The first-order valence-corrected chi connectivity index (χ1v) is 7.09. The number of anilines is 1. The van der Waals surface area contributed by atoms with Gasteiger partial charge in [0.1, 0.15) is 0 Å². The normalized spacial score (nSPS) is 11.1. The molecule has 0 unspecified atom stereocenters. The van der Waals surface area contributed by atoms with Crippen molar-refractivity contribution < 1.29 is 0 Å². The van der Waals surface area contributed by atoms with E-state index in [2.05, 4.69) is 41.2 Å². The third-order valence-electron chi connectivity index (χ3n) is 2.92. The maximum absolute atomic E-state index is 8.63. The molecule has 0 aliphatic carbocycles. The first kappa shape index (κ1) is 15.3. The highest BCUT2D eigenvalue weighted by Gasteiger charge is 2.17. The third kappa shape index (κ3) is 4.51. The summed E-state index contributed by atoms with van der Waals surface area (Å²) in [5.41, 5.74) is 2.14. The molecule has 0 radical (unpaired) electrons. The molecular formula is C14H18BrClN2. The molecule has 0 aliphatic heterocycles. The quantitative estimate of drug-likeness (QED) is 0.810. The van der Waals surface area contributed by atoms with Gasteiger partial charge < -0.3 is 5.32 Å². The van der Waals surface area contributed by atoms with Crippen molar-refractivity contribution in [2.45, 2.75) is 33.6 Å². The van der Waals surface area contributed by atoms with Crippen LogP contribution in [0.2, 0.25) is 5.02 Å². The van der Waals surface area contributed by atoms with Crippen LogP contribution in [0.5, 0.6) is 0 Å². The van der Waals surface area contributed by atoms with Crippen LogP contribution in [0.4, 0.5) is 5.69 Å². The van der Waals surface area contributed by atoms with Gasteiger partial charge in [0.2, 0.25) is 0 Å². The van der Waals surface area contributed by atoms with Crippen molar-refractivity contribution >= 4 is 33.2 Å². The van der Waals surface area contributed by atoms with Gasteiger partial charge >= 0.3 is 0 Å². The monoisotopic (exact) mass is 328 g/mol. The Hall–Kier alpha value is -0.720. The highest BCUT2D eigenvalue weighted by molar-refractivity contribution is 9.10. The van der Waals surface area contributed by atoms with E-state index in [0.29, 0.717) is 6.42 Å². The molecular weight excluding hydrogens is 312 g/mol. The Kier molecular flexibility index (Phi) is 5.49. The van der Waals surface area contributed by atoms with Crippen molar-refractivity contribution in [1.29, 1.82) is 5.26 Å². The summed E-state index contributed by atoms with van der Waals surface area (Å²) in [4.78, 5) is 0. The largest absolute Gasteiger partial charge is 0.384 e. The lowest BCUT2D eigenvalue weighted by atomic mass is 9.88. The molecule has 1 aromatic rings. The fourth-order valence-corrected chi connectivity index (χ4v) is 2.36. The lowest BCUT2D eigenvalue weighted by Gasteiger charge is -2.25. The van der Waals surface area contributed by atoms with Gasteiger partial charge in [0.05, 0.1) is 6.07 Å². The van der Waals surface area contributed by atoms with E-state index in [0.717, 1.165) is 33.7 Å². The fraction of sp³-hybridized carbons (Fsp3) is 0.500. The Morgan fingerprint density at radius 2 is 2.11 bits per heavy atom. The molecule has 0 fully saturated rings. The van der Waals surface area contributed by atoms with Gasteiger partial charge in [-0.1, -0.05) is 25.4 Å². The van der Waals surface area contributed by atoms with Crippen molar-refractivity contribution in [2.75, 3.05) is 11.9 Å². The van der Waals surface area contributed by atoms with Gasteiger partial charge in [-0.3, -0.25) is 0 Å². The third-order valence-corrected chi connectivity index (χ3v) is 3.98. The molecule has 4 heteroatoms. The van der Waals surface area contributed by atoms with E-state index in [1.165, 1.54) is 0 Å². The Labute approximate surface area is 122 Å². The summed E-state index contributed by atoms with van der Waals surface area (Å²) in [6.07, 6.45) is 1.47. The number of hydrogen-bond acceptors (Lipinski definition) is 2. The summed E-state index contributed by atoms with van der Waals surface area (Å²) >= 11 is 9.64. The highest BCUT2D eigenvalue weighted by atomic mass is 79.9. The van der Waals surface area contributed by atoms with Crippen LogP contribution in [-0.4, -0.2) is 6.54 Å². The molecule has 1 N–H and O–H groups in total. The van der Waals surface area contributed by atoms with Crippen molar-refractivity contribution in [3.8, 4) is 6.07 Å². The number of halogens is 2. The standard InChI is InChI=1S/C14H18BrClN2/c1-10-7-11(15)13(8-12(10)16)18-9-14(2,3)5-4-6-17/h7-8,18H,4-5,9H2,1-3H3. The minimum Gasteiger partial charge on any atom is -0.384 e. The van der Waals surface area contributed by atoms with E-state index >= 15 is 0 Å². The van der Waals surface area contributed by atoms with Crippen LogP contribution in [0.3, 0.4) is 0 Å². The molecule has 1 aromatic carbocycles. The molecule has 1 rings (SSSR count). The molecule has 18 heavy (non-hydrogen) atoms. The fourth-order valence-electron chi connectivity index (χ4n) is 1.60. The van der Waals surface area contributed by atoms with E-state index in [1.807, 2.05) is 19.1 Å². The van der Waals surface area contributed by atoms with E-state index in [-0.39, 0.29) is 5.41 Å². The summed E-state index contributed by atoms with van der Waals surface area (Å²) in [6, 6.07) is 6.13. The second kappa shape index (κ2) is 6.45. The zero-order chi connectivity index (χ0) is 13.8. The van der Waals surface area contributed by atoms with Crippen LogP contribution < -0.4 is 5.32 Å². The van der Waals surface area contributed by atoms with Gasteiger partial charge in [0, 0.05) is 28.1 Å². The van der Waals surface area contributed by atoms with Crippen LogP contribution in [0.25, 0.3) is 0 Å². The molecule has 0 atom stereocenters. The van der Waals surface area contributed by atoms with Crippen LogP contribution in [-0.2, 0) is 0 Å². The van der Waals surface area contributed by atoms with E-state index in [9.17, 15) is 0 Å². The summed E-state index contributed by atoms with van der Waals surface area (Å²) in [5, 5.41) is 12.8. The molecule has 0 amide bonds. The van der Waals surface area contributed by atoms with E-state index in [1.54, 1.807) is 0 Å². The van der Waals surface area contributed by atoms with Gasteiger partial charge in [-0.25, -0.2) is 0 Å². The van der Waals surface area contributed by atoms with Gasteiger partial charge in [-0.05, 0) is 52.4 Å². The van der Waals surface area contributed by atoms with E-state index < -0.39 is 0 Å². The lowest BCUT2D eigenvalue weighted by Crippen LogP contribution is -2.23. The molecule has 0 aliphatic rings. The maximum Gasteiger partial charge on any atom is 0.0621 e. The average molecular weight is 330 g/mol. The van der Waals surface area contributed by atoms with Gasteiger partial charge in [-0.15, -0.1) is 0 Å². The summed E-state index contributed by atoms with van der Waals surface area (Å²) in [6.45, 7) is 7.10. The summed E-state index contributed by atoms with van der Waals surface area (Å²) in [7, 11) is 0. The second-order valence-electron chi connectivity index (χ2n) is 5.26. The Balaban J connectivity index is 2.69. The van der Waals surface area contributed by atoms with Crippen LogP contribution in [0.15, 0.2) is 16.6 Å². The summed E-state index contributed by atoms with van der Waals surface area (Å²) < 4.78 is 1.01. The van der Waals surface area contributed by atoms with Gasteiger partial charge in [0.25, 0.3) is 0 Å². The number of nitriles is 1. The number of rotatable bonds is 5. The van der Waals surface area contributed by atoms with Crippen molar-refractivity contribution in [3.05, 3.63) is 27.2 Å². The Morgan fingerprint density at radius 1 is 1.44 bits per heavy atom. The van der Waals surface area contributed by atoms with Crippen LogP contribution in [0, 0.1) is 23.7 Å². The van der Waals surface area contributed by atoms with Gasteiger partial charge in [-0.2, -0.15) is 5.26 Å². The minimum absolute atomic E-state index is 0.0898. The zero-order valence-corrected chi connectivity index (χ0v) is 13.3. The van der Waals surface area contributed by atoms with E-state index in [4.69, 9.17) is 16.9 Å². The number of nitrogens with zero attached hydrogens (tertiary/aromatic N) is 1. The molecule has 2 nitrogen and oxygen atoms in total. The maximum atomic E-state index is 8.63. The van der Waals surface area contributed by atoms with Gasteiger partial charge in [0.15, 0.2) is 0 Å². The SMILES string of the molecule is Cc1cc(Br)c(NCC(C)(C)CCC#N)cc1Cl. The number of nitrogens with one attached hydrogen (secondary N) is 1. The Morgan fingerprint density at radius 3 is 2.72 bits per heavy atom. The van der Waals surface area contributed by atoms with Crippen LogP contribution >= 0.6 is 27.5 Å². The molecule has 0 saturated heterocycles. The second-order valence-corrected chi connectivity index (χ2v) is 6.52. The number of hydrogen-bond donors (Lipinski definition) is 1. The smallest absolute Gasteiger partial charge is 0.0621 e. The predicted octanol–water partition coefficient (Wildman–Crippen LogP) is 5.15. The molecule has 0 heterocycles. The molecule has 98 valence electrons. The zero-order valence-electron chi connectivity index (χ0n) is 11.0. The van der Waals surface area contributed by atoms with Crippen molar-refractivity contribution in [2.24, 2.45) is 5.41 Å². The summed E-state index contributed by atoms with van der Waals surface area (Å²) in [5.74, 6) is 0. The molecule has 0 aromatic heterocycles. The molecule has 0 saturated carbocycles. The Bertz CT molecular complexity index is 464. The average Bonchev–Trinajstić information content (AvgIpc) is 2.30. The predicted molar refractivity (Wildman–Crippen MR) is 81.0 cm³/mol. The first-order valence-electron chi connectivity index (χ1n) is 5.92. The number of benzene rings is 1. The molecule has 0 spiro atoms. The van der Waals surface area contributed by atoms with Crippen molar-refractivity contribution in [1.82, 2.24) is 0 Å². The lowest BCUT2D eigenvalue weighted by molar-refractivity contribution is 0.364.